The largest absolute Gasteiger partial charge is 0.493 e. The molecular formula is C19H18FNO4. The van der Waals surface area contributed by atoms with E-state index in [0.29, 0.717) is 29.0 Å². The van der Waals surface area contributed by atoms with Crippen molar-refractivity contribution in [2.75, 3.05) is 13.7 Å². The number of hydrogen-bond donors (Lipinski definition) is 1. The van der Waals surface area contributed by atoms with Crippen molar-refractivity contribution in [3.63, 3.8) is 0 Å². The predicted octanol–water partition coefficient (Wildman–Crippen LogP) is 3.78. The Bertz CT molecular complexity index is 802. The molecule has 0 atom stereocenters. The number of carboxylic acids is 1. The molecule has 1 N–H and O–H groups in total. The smallest absolute Gasteiger partial charge is 0.341 e. The number of para-hydroxylation sites is 1. The summed E-state index contributed by atoms with van der Waals surface area (Å²) in [6.45, 7) is 3.20. The summed E-state index contributed by atoms with van der Waals surface area (Å²) >= 11 is 0. The van der Waals surface area contributed by atoms with Crippen LogP contribution in [0.1, 0.15) is 11.1 Å². The van der Waals surface area contributed by atoms with Crippen LogP contribution in [0, 0.1) is 5.82 Å². The fourth-order valence-electron chi connectivity index (χ4n) is 2.22. The van der Waals surface area contributed by atoms with E-state index in [1.807, 2.05) is 0 Å². The topological polar surface area (TPSA) is 68.1 Å². The minimum Gasteiger partial charge on any atom is -0.493 e. The van der Waals surface area contributed by atoms with Crippen molar-refractivity contribution in [1.82, 2.24) is 0 Å². The van der Waals surface area contributed by atoms with Crippen LogP contribution < -0.4 is 9.47 Å². The van der Waals surface area contributed by atoms with E-state index in [0.717, 1.165) is 0 Å². The van der Waals surface area contributed by atoms with Crippen molar-refractivity contribution in [1.29, 1.82) is 0 Å². The van der Waals surface area contributed by atoms with Gasteiger partial charge in [-0.25, -0.2) is 9.18 Å². The first-order valence-electron chi connectivity index (χ1n) is 7.50. The summed E-state index contributed by atoms with van der Waals surface area (Å²) in [4.78, 5) is 14.9. The van der Waals surface area contributed by atoms with Crippen LogP contribution in [0.2, 0.25) is 0 Å². The van der Waals surface area contributed by atoms with Gasteiger partial charge in [0.1, 0.15) is 5.82 Å². The lowest BCUT2D eigenvalue weighted by Crippen LogP contribution is -2.11. The summed E-state index contributed by atoms with van der Waals surface area (Å²) in [6.07, 6.45) is 3.63. The third-order valence-electron chi connectivity index (χ3n) is 3.28. The SMILES string of the molecule is C=CCc1cc(C=Nc2ccccc2F)cc(OC)c1OCC(=O)O. The molecule has 0 unspecified atom stereocenters. The standard InChI is InChI=1S/C19H18FNO4/c1-3-6-14-9-13(11-21-16-8-5-4-7-15(16)20)10-17(24-2)19(14)25-12-18(22)23/h3-5,7-11H,1,6,12H2,2H3,(H,22,23). The van der Waals surface area contributed by atoms with Crippen molar-refractivity contribution in [3.05, 3.63) is 66.0 Å². The number of halogens is 1. The van der Waals surface area contributed by atoms with E-state index in [2.05, 4.69) is 11.6 Å². The molecule has 0 fully saturated rings. The Labute approximate surface area is 145 Å². The van der Waals surface area contributed by atoms with Crippen molar-refractivity contribution >= 4 is 17.9 Å². The quantitative estimate of drug-likeness (QED) is 0.585. The van der Waals surface area contributed by atoms with Gasteiger partial charge in [0.2, 0.25) is 0 Å². The Kier molecular flexibility index (Phi) is 6.28. The summed E-state index contributed by atoms with van der Waals surface area (Å²) < 4.78 is 24.3. The molecule has 0 aromatic heterocycles. The van der Waals surface area contributed by atoms with Crippen LogP contribution in [-0.2, 0) is 11.2 Å². The molecule has 130 valence electrons. The maximum Gasteiger partial charge on any atom is 0.341 e. The third kappa shape index (κ3) is 4.91. The Hall–Kier alpha value is -3.15. The molecule has 0 aliphatic heterocycles. The van der Waals surface area contributed by atoms with Gasteiger partial charge in [0.15, 0.2) is 18.1 Å². The maximum absolute atomic E-state index is 13.7. The number of hydrogen-bond acceptors (Lipinski definition) is 4. The van der Waals surface area contributed by atoms with E-state index in [1.165, 1.54) is 19.4 Å². The zero-order valence-corrected chi connectivity index (χ0v) is 13.7. The Morgan fingerprint density at radius 3 is 2.76 bits per heavy atom. The maximum atomic E-state index is 13.7. The van der Waals surface area contributed by atoms with Crippen LogP contribution >= 0.6 is 0 Å². The van der Waals surface area contributed by atoms with Crippen LogP contribution in [0.3, 0.4) is 0 Å². The summed E-state index contributed by atoms with van der Waals surface area (Å²) in [5, 5.41) is 8.81. The number of ether oxygens (including phenoxy) is 2. The Morgan fingerprint density at radius 1 is 1.36 bits per heavy atom. The summed E-state index contributed by atoms with van der Waals surface area (Å²) in [5.41, 5.74) is 1.59. The van der Waals surface area contributed by atoms with Crippen LogP contribution in [0.4, 0.5) is 10.1 Å². The molecular weight excluding hydrogens is 325 g/mol. The van der Waals surface area contributed by atoms with E-state index in [4.69, 9.17) is 14.6 Å². The van der Waals surface area contributed by atoms with Crippen molar-refractivity contribution in [2.24, 2.45) is 4.99 Å². The second-order valence-corrected chi connectivity index (χ2v) is 5.10. The highest BCUT2D eigenvalue weighted by molar-refractivity contribution is 5.84. The van der Waals surface area contributed by atoms with Crippen molar-refractivity contribution < 1.29 is 23.8 Å². The molecule has 0 spiro atoms. The summed E-state index contributed by atoms with van der Waals surface area (Å²) in [6, 6.07) is 9.60. The molecule has 6 heteroatoms. The van der Waals surface area contributed by atoms with Gasteiger partial charge in [0.25, 0.3) is 0 Å². The van der Waals surface area contributed by atoms with E-state index in [1.54, 1.807) is 36.4 Å². The molecule has 0 aliphatic rings. The van der Waals surface area contributed by atoms with Crippen molar-refractivity contribution in [2.45, 2.75) is 6.42 Å². The minimum atomic E-state index is -1.09. The molecule has 0 heterocycles. The molecule has 0 bridgehead atoms. The van der Waals surface area contributed by atoms with Gasteiger partial charge in [-0.05, 0) is 36.2 Å². The monoisotopic (exact) mass is 343 g/mol. The Morgan fingerprint density at radius 2 is 2.12 bits per heavy atom. The number of carboxylic acid groups (broad SMARTS) is 1. The zero-order valence-electron chi connectivity index (χ0n) is 13.7. The summed E-state index contributed by atoms with van der Waals surface area (Å²) in [7, 11) is 1.46. The van der Waals surface area contributed by atoms with Gasteiger partial charge in [-0.1, -0.05) is 18.2 Å². The average molecular weight is 343 g/mol. The number of rotatable bonds is 8. The van der Waals surface area contributed by atoms with E-state index in [9.17, 15) is 9.18 Å². The van der Waals surface area contributed by atoms with E-state index < -0.39 is 18.4 Å². The minimum absolute atomic E-state index is 0.220. The third-order valence-corrected chi connectivity index (χ3v) is 3.28. The first kappa shape index (κ1) is 18.2. The molecule has 5 nitrogen and oxygen atoms in total. The fourth-order valence-corrected chi connectivity index (χ4v) is 2.22. The highest BCUT2D eigenvalue weighted by atomic mass is 19.1. The van der Waals surface area contributed by atoms with E-state index in [-0.39, 0.29) is 5.69 Å². The second kappa shape index (κ2) is 8.63. The molecule has 0 amide bonds. The number of methoxy groups -OCH3 is 1. The second-order valence-electron chi connectivity index (χ2n) is 5.10. The number of aliphatic carboxylic acids is 1. The Balaban J connectivity index is 2.39. The van der Waals surface area contributed by atoms with Gasteiger partial charge >= 0.3 is 5.97 Å². The van der Waals surface area contributed by atoms with E-state index >= 15 is 0 Å². The predicted molar refractivity (Wildman–Crippen MR) is 93.7 cm³/mol. The zero-order chi connectivity index (χ0) is 18.2. The van der Waals surface area contributed by atoms with Crippen LogP contribution in [0.15, 0.2) is 54.0 Å². The van der Waals surface area contributed by atoms with Crippen LogP contribution in [0.5, 0.6) is 11.5 Å². The normalized spacial score (nSPS) is 10.6. The number of carbonyl (C=O) groups is 1. The lowest BCUT2D eigenvalue weighted by atomic mass is 10.1. The molecule has 0 radical (unpaired) electrons. The van der Waals surface area contributed by atoms with Gasteiger partial charge in [-0.15, -0.1) is 6.58 Å². The van der Waals surface area contributed by atoms with Crippen LogP contribution in [0.25, 0.3) is 0 Å². The molecule has 2 rings (SSSR count). The first-order chi connectivity index (χ1) is 12.0. The van der Waals surface area contributed by atoms with Gasteiger partial charge in [-0.3, -0.25) is 4.99 Å². The van der Waals surface area contributed by atoms with Crippen LogP contribution in [-0.4, -0.2) is 31.0 Å². The molecule has 0 saturated heterocycles. The molecule has 25 heavy (non-hydrogen) atoms. The molecule has 0 aliphatic carbocycles. The van der Waals surface area contributed by atoms with Gasteiger partial charge in [0, 0.05) is 11.8 Å². The lowest BCUT2D eigenvalue weighted by Gasteiger charge is -2.14. The van der Waals surface area contributed by atoms with Gasteiger partial charge < -0.3 is 14.6 Å². The first-order valence-corrected chi connectivity index (χ1v) is 7.50. The number of benzene rings is 2. The average Bonchev–Trinajstić information content (AvgIpc) is 2.59. The molecule has 2 aromatic carbocycles. The molecule has 2 aromatic rings. The fraction of sp³-hybridized carbons (Fsp3) is 0.158. The van der Waals surface area contributed by atoms with Gasteiger partial charge in [0.05, 0.1) is 12.8 Å². The number of allylic oxidation sites excluding steroid dienone is 1. The summed E-state index contributed by atoms with van der Waals surface area (Å²) in [5.74, 6) is -0.793. The van der Waals surface area contributed by atoms with Gasteiger partial charge in [-0.2, -0.15) is 0 Å². The number of nitrogens with zero attached hydrogens (tertiary/aromatic N) is 1. The molecule has 0 saturated carbocycles. The number of aliphatic imine (C=N–C) groups is 1. The lowest BCUT2D eigenvalue weighted by molar-refractivity contribution is -0.139. The highest BCUT2D eigenvalue weighted by Crippen LogP contribution is 2.33. The highest BCUT2D eigenvalue weighted by Gasteiger charge is 2.13. The van der Waals surface area contributed by atoms with Crippen molar-refractivity contribution in [3.8, 4) is 11.5 Å².